The summed E-state index contributed by atoms with van der Waals surface area (Å²) in [5.74, 6) is 0.145. The minimum absolute atomic E-state index is 0.249. The maximum absolute atomic E-state index is 13.4. The second-order valence-corrected chi connectivity index (χ2v) is 10.7. The summed E-state index contributed by atoms with van der Waals surface area (Å²) >= 11 is 0. The molecule has 4 aromatic rings. The lowest BCUT2D eigenvalue weighted by molar-refractivity contribution is -0.0731. The van der Waals surface area contributed by atoms with Crippen LogP contribution in [0.25, 0.3) is 16.9 Å². The van der Waals surface area contributed by atoms with Gasteiger partial charge >= 0.3 is 0 Å². The van der Waals surface area contributed by atoms with E-state index < -0.39 is 6.17 Å². The van der Waals surface area contributed by atoms with Gasteiger partial charge in [0.25, 0.3) is 5.91 Å². The highest BCUT2D eigenvalue weighted by Gasteiger charge is 2.52. The van der Waals surface area contributed by atoms with Crippen molar-refractivity contribution >= 4 is 22.8 Å². The number of hydrogen-bond acceptors (Lipinski definition) is 7. The van der Waals surface area contributed by atoms with E-state index in [0.717, 1.165) is 42.7 Å². The zero-order chi connectivity index (χ0) is 25.3. The molecule has 3 aromatic heterocycles. The SMILES string of the molecule is COC1CC2(C1)CN(c1ccn3ncc(C(=O)Nc4cc(-c5noc([C@H]6C[C@@H]6F)n5)ccc4C)c3c1)C2. The van der Waals surface area contributed by atoms with Gasteiger partial charge in [0.15, 0.2) is 0 Å². The molecular weight excluding hydrogens is 475 g/mol. The molecule has 1 N–H and O–H groups in total. The van der Waals surface area contributed by atoms with Gasteiger partial charge in [-0.15, -0.1) is 0 Å². The number of nitrogens with zero attached hydrogens (tertiary/aromatic N) is 5. The molecule has 2 atom stereocenters. The van der Waals surface area contributed by atoms with Gasteiger partial charge < -0.3 is 19.5 Å². The number of anilines is 2. The largest absolute Gasteiger partial charge is 0.381 e. The van der Waals surface area contributed by atoms with Crippen molar-refractivity contribution in [1.82, 2.24) is 19.8 Å². The van der Waals surface area contributed by atoms with Crippen LogP contribution in [-0.2, 0) is 4.74 Å². The second-order valence-electron chi connectivity index (χ2n) is 10.7. The summed E-state index contributed by atoms with van der Waals surface area (Å²) in [7, 11) is 1.78. The van der Waals surface area contributed by atoms with Crippen molar-refractivity contribution in [1.29, 1.82) is 0 Å². The van der Waals surface area contributed by atoms with E-state index in [-0.39, 0.29) is 11.8 Å². The van der Waals surface area contributed by atoms with E-state index in [1.807, 2.05) is 43.5 Å². The number of aryl methyl sites for hydroxylation is 1. The highest BCUT2D eigenvalue weighted by Crippen LogP contribution is 2.50. The first kappa shape index (κ1) is 22.4. The Kier molecular flexibility index (Phi) is 4.91. The van der Waals surface area contributed by atoms with Crippen molar-refractivity contribution < 1.29 is 18.4 Å². The first-order valence-corrected chi connectivity index (χ1v) is 12.6. The lowest BCUT2D eigenvalue weighted by Gasteiger charge is -2.59. The van der Waals surface area contributed by atoms with Crippen molar-refractivity contribution in [3.63, 3.8) is 0 Å². The third-order valence-electron chi connectivity index (χ3n) is 8.04. The van der Waals surface area contributed by atoms with Crippen LogP contribution >= 0.6 is 0 Å². The number of methoxy groups -OCH3 is 1. The van der Waals surface area contributed by atoms with Crippen LogP contribution < -0.4 is 10.2 Å². The number of nitrogens with one attached hydrogen (secondary N) is 1. The normalized spacial score (nSPS) is 22.2. The topological polar surface area (TPSA) is 97.8 Å². The summed E-state index contributed by atoms with van der Waals surface area (Å²) in [4.78, 5) is 20.0. The van der Waals surface area contributed by atoms with Gasteiger partial charge in [0.1, 0.15) is 6.17 Å². The van der Waals surface area contributed by atoms with E-state index in [1.165, 1.54) is 0 Å². The number of fused-ring (bicyclic) bond motifs is 1. The molecule has 0 bridgehead atoms. The van der Waals surface area contributed by atoms with Gasteiger partial charge in [0, 0.05) is 48.7 Å². The minimum atomic E-state index is -0.907. The molecule has 1 saturated heterocycles. The van der Waals surface area contributed by atoms with Crippen LogP contribution in [0.1, 0.15) is 47.0 Å². The molecule has 1 aliphatic heterocycles. The van der Waals surface area contributed by atoms with Gasteiger partial charge in [-0.25, -0.2) is 8.91 Å². The van der Waals surface area contributed by atoms with E-state index in [4.69, 9.17) is 9.26 Å². The summed E-state index contributed by atoms with van der Waals surface area (Å²) in [5.41, 5.74) is 4.93. The Hall–Kier alpha value is -3.79. The van der Waals surface area contributed by atoms with Crippen LogP contribution in [0.15, 0.2) is 47.2 Å². The summed E-state index contributed by atoms with van der Waals surface area (Å²) in [6.07, 6.45) is 5.62. The van der Waals surface area contributed by atoms with E-state index in [1.54, 1.807) is 17.8 Å². The Balaban J connectivity index is 1.10. The Morgan fingerprint density at radius 1 is 1.24 bits per heavy atom. The highest BCUT2D eigenvalue weighted by atomic mass is 19.1. The number of hydrogen-bond donors (Lipinski definition) is 1. The van der Waals surface area contributed by atoms with Gasteiger partial charge in [0.2, 0.25) is 11.7 Å². The molecule has 0 unspecified atom stereocenters. The number of halogens is 1. The molecule has 1 spiro atoms. The van der Waals surface area contributed by atoms with E-state index in [9.17, 15) is 9.18 Å². The van der Waals surface area contributed by atoms with Crippen molar-refractivity contribution in [3.05, 3.63) is 59.7 Å². The van der Waals surface area contributed by atoms with Gasteiger partial charge in [-0.05, 0) is 49.9 Å². The third-order valence-corrected chi connectivity index (χ3v) is 8.04. The average Bonchev–Trinajstić information content (AvgIpc) is 3.21. The smallest absolute Gasteiger partial charge is 0.259 e. The maximum Gasteiger partial charge on any atom is 0.259 e. The Morgan fingerprint density at radius 2 is 2.05 bits per heavy atom. The van der Waals surface area contributed by atoms with Crippen molar-refractivity contribution in [2.45, 2.75) is 44.4 Å². The van der Waals surface area contributed by atoms with Crippen molar-refractivity contribution in [3.8, 4) is 11.4 Å². The predicted octanol–water partition coefficient (Wildman–Crippen LogP) is 4.39. The van der Waals surface area contributed by atoms with Gasteiger partial charge in [0.05, 0.1) is 29.3 Å². The fraction of sp³-hybridized carbons (Fsp3) is 0.407. The average molecular weight is 503 g/mol. The standard InChI is InChI=1S/C27H27FN6O3/c1-15-3-4-16(24-31-26(37-32-24)19-9-21(19)28)7-22(15)30-25(35)20-12-29-34-6-5-17(8-23(20)34)33-13-27(14-33)10-18(11-27)36-2/h3-8,12,18-19,21H,9-11,13-14H2,1-2H3,(H,30,35)/t19-,21-/m0/s1. The van der Waals surface area contributed by atoms with Crippen LogP contribution in [-0.4, -0.2) is 58.1 Å². The van der Waals surface area contributed by atoms with Crippen LogP contribution in [0.4, 0.5) is 15.8 Å². The quantitative estimate of drug-likeness (QED) is 0.418. The molecule has 1 amide bonds. The fourth-order valence-electron chi connectivity index (χ4n) is 5.63. The Bertz CT molecular complexity index is 1520. The first-order chi connectivity index (χ1) is 17.9. The van der Waals surface area contributed by atoms with E-state index in [0.29, 0.717) is 46.5 Å². The number of ether oxygens (including phenoxy) is 1. The summed E-state index contributed by atoms with van der Waals surface area (Å²) < 4.78 is 25.8. The minimum Gasteiger partial charge on any atom is -0.381 e. The summed E-state index contributed by atoms with van der Waals surface area (Å²) in [6, 6.07) is 9.63. The molecule has 7 rings (SSSR count). The maximum atomic E-state index is 13.4. The van der Waals surface area contributed by atoms with Crippen LogP contribution in [0.3, 0.4) is 0 Å². The predicted molar refractivity (Wildman–Crippen MR) is 135 cm³/mol. The molecule has 190 valence electrons. The molecule has 4 heterocycles. The molecular formula is C27H27FN6O3. The van der Waals surface area contributed by atoms with E-state index in [2.05, 4.69) is 25.5 Å². The van der Waals surface area contributed by atoms with Gasteiger partial charge in [-0.2, -0.15) is 10.1 Å². The van der Waals surface area contributed by atoms with Crippen LogP contribution in [0.5, 0.6) is 0 Å². The molecule has 1 aromatic carbocycles. The number of carbonyl (C=O) groups is 1. The third kappa shape index (κ3) is 3.78. The van der Waals surface area contributed by atoms with Gasteiger partial charge in [-0.3, -0.25) is 4.79 Å². The van der Waals surface area contributed by atoms with Gasteiger partial charge in [-0.1, -0.05) is 17.3 Å². The molecule has 3 aliphatic rings. The summed E-state index contributed by atoms with van der Waals surface area (Å²) in [6.45, 7) is 3.94. The number of pyridine rings is 1. The number of carbonyl (C=O) groups excluding carboxylic acids is 1. The zero-order valence-corrected chi connectivity index (χ0v) is 20.6. The fourth-order valence-corrected chi connectivity index (χ4v) is 5.63. The van der Waals surface area contributed by atoms with Crippen molar-refractivity contribution in [2.75, 3.05) is 30.4 Å². The molecule has 2 aliphatic carbocycles. The Labute approximate surface area is 212 Å². The molecule has 37 heavy (non-hydrogen) atoms. The molecule has 3 fully saturated rings. The number of benzene rings is 1. The second kappa shape index (κ2) is 8.11. The molecule has 0 radical (unpaired) electrons. The lowest BCUT2D eigenvalue weighted by Crippen LogP contribution is -2.64. The monoisotopic (exact) mass is 502 g/mol. The van der Waals surface area contributed by atoms with Crippen LogP contribution in [0, 0.1) is 12.3 Å². The zero-order valence-electron chi connectivity index (χ0n) is 20.6. The number of aromatic nitrogens is 4. The number of alkyl halides is 1. The first-order valence-electron chi connectivity index (χ1n) is 12.6. The lowest BCUT2D eigenvalue weighted by atomic mass is 9.61. The molecule has 9 nitrogen and oxygen atoms in total. The summed E-state index contributed by atoms with van der Waals surface area (Å²) in [5, 5.41) is 11.4. The number of rotatable bonds is 6. The number of amides is 1. The van der Waals surface area contributed by atoms with E-state index >= 15 is 0 Å². The van der Waals surface area contributed by atoms with Crippen molar-refractivity contribution in [2.24, 2.45) is 5.41 Å². The highest BCUT2D eigenvalue weighted by molar-refractivity contribution is 6.09. The molecule has 2 saturated carbocycles. The van der Waals surface area contributed by atoms with Crippen LogP contribution in [0.2, 0.25) is 0 Å². The molecule has 10 heteroatoms. The Morgan fingerprint density at radius 3 is 2.81 bits per heavy atom.